The number of carbonyl (C=O) groups is 3. The molecule has 0 radical (unpaired) electrons. The molecule has 1 aliphatic heterocycles. The van der Waals surface area contributed by atoms with Crippen LogP contribution in [0.2, 0.25) is 0 Å². The fraction of sp³-hybridized carbons (Fsp3) is 0.438. The number of nitrogens with one attached hydrogen (secondary N) is 2. The van der Waals surface area contributed by atoms with Crippen LogP contribution in [0.1, 0.15) is 24.8 Å². The van der Waals surface area contributed by atoms with Gasteiger partial charge in [-0.3, -0.25) is 14.4 Å². The third kappa shape index (κ3) is 3.84. The number of benzene rings is 1. The van der Waals surface area contributed by atoms with Gasteiger partial charge in [0, 0.05) is 25.9 Å². The van der Waals surface area contributed by atoms with Crippen molar-refractivity contribution in [1.29, 1.82) is 0 Å². The maximum absolute atomic E-state index is 12.0. The van der Waals surface area contributed by atoms with Gasteiger partial charge in [0.15, 0.2) is 0 Å². The molecule has 1 aromatic rings. The number of likely N-dealkylation sites (tertiary alicyclic amines) is 1. The lowest BCUT2D eigenvalue weighted by Gasteiger charge is -2.18. The summed E-state index contributed by atoms with van der Waals surface area (Å²) in [6.07, 6.45) is 0.419. The van der Waals surface area contributed by atoms with E-state index in [0.717, 1.165) is 5.56 Å². The zero-order valence-corrected chi connectivity index (χ0v) is 12.8. The summed E-state index contributed by atoms with van der Waals surface area (Å²) in [5.74, 6) is -0.490. The molecule has 1 aromatic carbocycles. The molecule has 1 heterocycles. The first-order chi connectivity index (χ1) is 10.5. The molecule has 2 unspecified atom stereocenters. The molecule has 0 saturated carbocycles. The Balaban J connectivity index is 1.90. The number of hydrogen-bond donors (Lipinski definition) is 2. The second kappa shape index (κ2) is 7.06. The standard InChI is InChI=1S/C16H21N3O3/c1-11(16(22)17-2)18-14(20)10-19-9-13(8-15(19)21)12-6-4-3-5-7-12/h3-7,11,13H,8-10H2,1-2H3,(H,17,22)(H,18,20). The van der Waals surface area contributed by atoms with E-state index in [0.29, 0.717) is 13.0 Å². The smallest absolute Gasteiger partial charge is 0.242 e. The number of carbonyl (C=O) groups excluding carboxylic acids is 3. The number of rotatable bonds is 5. The van der Waals surface area contributed by atoms with E-state index in [9.17, 15) is 14.4 Å². The monoisotopic (exact) mass is 303 g/mol. The second-order valence-corrected chi connectivity index (χ2v) is 5.49. The van der Waals surface area contributed by atoms with Gasteiger partial charge in [-0.1, -0.05) is 30.3 Å². The summed E-state index contributed by atoms with van der Waals surface area (Å²) >= 11 is 0. The molecule has 2 rings (SSSR count). The minimum absolute atomic E-state index is 0.0104. The lowest BCUT2D eigenvalue weighted by Crippen LogP contribution is -2.47. The van der Waals surface area contributed by atoms with Crippen molar-refractivity contribution in [3.05, 3.63) is 35.9 Å². The van der Waals surface area contributed by atoms with Crippen LogP contribution in [0.3, 0.4) is 0 Å². The van der Waals surface area contributed by atoms with E-state index in [1.165, 1.54) is 7.05 Å². The molecule has 2 atom stereocenters. The summed E-state index contributed by atoms with van der Waals surface area (Å²) in [5.41, 5.74) is 1.11. The van der Waals surface area contributed by atoms with Crippen molar-refractivity contribution in [3.63, 3.8) is 0 Å². The topological polar surface area (TPSA) is 78.5 Å². The first-order valence-corrected chi connectivity index (χ1v) is 7.35. The maximum atomic E-state index is 12.0. The molecule has 3 amide bonds. The maximum Gasteiger partial charge on any atom is 0.242 e. The molecular formula is C16H21N3O3. The van der Waals surface area contributed by atoms with Gasteiger partial charge in [0.2, 0.25) is 17.7 Å². The predicted octanol–water partition coefficient (Wildman–Crippen LogP) is 0.253. The number of nitrogens with zero attached hydrogens (tertiary/aromatic N) is 1. The molecule has 1 aliphatic rings. The van der Waals surface area contributed by atoms with Gasteiger partial charge in [-0.25, -0.2) is 0 Å². The van der Waals surface area contributed by atoms with Crippen LogP contribution in [0.25, 0.3) is 0 Å². The third-order valence-corrected chi connectivity index (χ3v) is 3.84. The van der Waals surface area contributed by atoms with E-state index in [-0.39, 0.29) is 30.2 Å². The molecular weight excluding hydrogens is 282 g/mol. The van der Waals surface area contributed by atoms with Crippen LogP contribution in [-0.2, 0) is 14.4 Å². The molecule has 0 aliphatic carbocycles. The lowest BCUT2D eigenvalue weighted by atomic mass is 9.99. The molecule has 1 saturated heterocycles. The Hall–Kier alpha value is -2.37. The number of likely N-dealkylation sites (N-methyl/N-ethyl adjacent to an activating group) is 1. The van der Waals surface area contributed by atoms with Gasteiger partial charge in [0.25, 0.3) is 0 Å². The molecule has 1 fully saturated rings. The quantitative estimate of drug-likeness (QED) is 0.818. The molecule has 6 nitrogen and oxygen atoms in total. The molecule has 6 heteroatoms. The molecule has 22 heavy (non-hydrogen) atoms. The molecule has 118 valence electrons. The Morgan fingerprint density at radius 1 is 1.32 bits per heavy atom. The van der Waals surface area contributed by atoms with E-state index < -0.39 is 6.04 Å². The average Bonchev–Trinajstić information content (AvgIpc) is 2.88. The zero-order chi connectivity index (χ0) is 16.1. The van der Waals surface area contributed by atoms with Gasteiger partial charge in [-0.2, -0.15) is 0 Å². The van der Waals surface area contributed by atoms with E-state index in [4.69, 9.17) is 0 Å². The first-order valence-electron chi connectivity index (χ1n) is 7.35. The highest BCUT2D eigenvalue weighted by Gasteiger charge is 2.31. The Morgan fingerprint density at radius 3 is 2.64 bits per heavy atom. The van der Waals surface area contributed by atoms with Gasteiger partial charge < -0.3 is 15.5 Å². The van der Waals surface area contributed by atoms with Crippen LogP contribution in [0.4, 0.5) is 0 Å². The zero-order valence-electron chi connectivity index (χ0n) is 12.8. The van der Waals surface area contributed by atoms with Crippen molar-refractivity contribution in [2.24, 2.45) is 0 Å². The van der Waals surface area contributed by atoms with Crippen LogP contribution < -0.4 is 10.6 Å². The van der Waals surface area contributed by atoms with Crippen molar-refractivity contribution in [2.45, 2.75) is 25.3 Å². The predicted molar refractivity (Wildman–Crippen MR) is 82.1 cm³/mol. The van der Waals surface area contributed by atoms with Gasteiger partial charge in [-0.05, 0) is 12.5 Å². The van der Waals surface area contributed by atoms with Gasteiger partial charge in [-0.15, -0.1) is 0 Å². The molecule has 0 aromatic heterocycles. The Morgan fingerprint density at radius 2 is 2.00 bits per heavy atom. The van der Waals surface area contributed by atoms with Gasteiger partial charge >= 0.3 is 0 Å². The number of hydrogen-bond acceptors (Lipinski definition) is 3. The minimum atomic E-state index is -0.611. The largest absolute Gasteiger partial charge is 0.357 e. The highest BCUT2D eigenvalue weighted by Crippen LogP contribution is 2.27. The first kappa shape index (κ1) is 16.0. The van der Waals surface area contributed by atoms with Crippen molar-refractivity contribution >= 4 is 17.7 Å². The Kier molecular flexibility index (Phi) is 5.14. The minimum Gasteiger partial charge on any atom is -0.357 e. The summed E-state index contributed by atoms with van der Waals surface area (Å²) in [6, 6.07) is 9.20. The summed E-state index contributed by atoms with van der Waals surface area (Å²) in [7, 11) is 1.51. The summed E-state index contributed by atoms with van der Waals surface area (Å²) in [6.45, 7) is 2.13. The molecule has 2 N–H and O–H groups in total. The average molecular weight is 303 g/mol. The van der Waals surface area contributed by atoms with E-state index in [2.05, 4.69) is 10.6 Å². The van der Waals surface area contributed by atoms with Crippen LogP contribution in [0.5, 0.6) is 0 Å². The van der Waals surface area contributed by atoms with Crippen molar-refractivity contribution < 1.29 is 14.4 Å². The van der Waals surface area contributed by atoms with Crippen LogP contribution in [-0.4, -0.2) is 48.8 Å². The third-order valence-electron chi connectivity index (χ3n) is 3.84. The van der Waals surface area contributed by atoms with Crippen molar-refractivity contribution in [1.82, 2.24) is 15.5 Å². The Bertz CT molecular complexity index is 559. The SMILES string of the molecule is CNC(=O)C(C)NC(=O)CN1CC(c2ccccc2)CC1=O. The summed E-state index contributed by atoms with van der Waals surface area (Å²) < 4.78 is 0. The molecule has 0 spiro atoms. The van der Waals surface area contributed by atoms with E-state index >= 15 is 0 Å². The van der Waals surface area contributed by atoms with Crippen LogP contribution in [0, 0.1) is 0 Å². The fourth-order valence-electron chi connectivity index (χ4n) is 2.62. The molecule has 0 bridgehead atoms. The lowest BCUT2D eigenvalue weighted by molar-refractivity contribution is -0.134. The van der Waals surface area contributed by atoms with E-state index in [1.54, 1.807) is 11.8 Å². The Labute approximate surface area is 129 Å². The highest BCUT2D eigenvalue weighted by atomic mass is 16.2. The number of amides is 3. The summed E-state index contributed by atoms with van der Waals surface area (Å²) in [4.78, 5) is 36.9. The normalized spacial score (nSPS) is 18.9. The van der Waals surface area contributed by atoms with Crippen LogP contribution >= 0.6 is 0 Å². The summed E-state index contributed by atoms with van der Waals surface area (Å²) in [5, 5.41) is 5.05. The van der Waals surface area contributed by atoms with E-state index in [1.807, 2.05) is 30.3 Å². The fourth-order valence-corrected chi connectivity index (χ4v) is 2.62. The van der Waals surface area contributed by atoms with Crippen molar-refractivity contribution in [3.8, 4) is 0 Å². The van der Waals surface area contributed by atoms with Gasteiger partial charge in [0.05, 0.1) is 6.54 Å². The van der Waals surface area contributed by atoms with Crippen molar-refractivity contribution in [2.75, 3.05) is 20.1 Å². The second-order valence-electron chi connectivity index (χ2n) is 5.49. The van der Waals surface area contributed by atoms with Gasteiger partial charge in [0.1, 0.15) is 6.04 Å². The van der Waals surface area contributed by atoms with Crippen LogP contribution in [0.15, 0.2) is 30.3 Å². The highest BCUT2D eigenvalue weighted by molar-refractivity contribution is 5.90.